The Kier molecular flexibility index (Phi) is 6.03. The maximum absolute atomic E-state index is 11.9. The molecule has 0 aliphatic carbocycles. The van der Waals surface area contributed by atoms with Gasteiger partial charge >= 0.3 is 0 Å². The van der Waals surface area contributed by atoms with E-state index in [9.17, 15) is 4.79 Å². The zero-order valence-corrected chi connectivity index (χ0v) is 12.3. The molecule has 1 aromatic rings. The molecule has 5 heteroatoms. The molecule has 0 fully saturated rings. The van der Waals surface area contributed by atoms with Crippen LogP contribution in [0.4, 0.5) is 0 Å². The maximum atomic E-state index is 11.9. The van der Waals surface area contributed by atoms with E-state index >= 15 is 0 Å². The van der Waals surface area contributed by atoms with Gasteiger partial charge in [-0.25, -0.2) is 0 Å². The number of carbonyl (C=O) groups excluding carboxylic acids is 1. The standard InChI is InChI=1S/C14H19NO3S/c1-4-18-14(2,3)10-15-13(17)11-8-12(19-9-11)6-5-7-16/h8-9,16H,4,7,10H2,1-3H3,(H,15,17). The molecule has 19 heavy (non-hydrogen) atoms. The van der Waals surface area contributed by atoms with Crippen LogP contribution in [0, 0.1) is 11.8 Å². The number of nitrogens with one attached hydrogen (secondary N) is 1. The summed E-state index contributed by atoms with van der Waals surface area (Å²) in [6.07, 6.45) is 0. The van der Waals surface area contributed by atoms with Crippen LogP contribution in [0.5, 0.6) is 0 Å². The average molecular weight is 281 g/mol. The third-order valence-electron chi connectivity index (χ3n) is 2.36. The number of hydrogen-bond donors (Lipinski definition) is 2. The summed E-state index contributed by atoms with van der Waals surface area (Å²) in [4.78, 5) is 12.7. The Morgan fingerprint density at radius 3 is 2.95 bits per heavy atom. The van der Waals surface area contributed by atoms with Crippen LogP contribution in [0.25, 0.3) is 0 Å². The van der Waals surface area contributed by atoms with Crippen LogP contribution in [-0.4, -0.2) is 36.4 Å². The molecule has 1 rings (SSSR count). The summed E-state index contributed by atoms with van der Waals surface area (Å²) >= 11 is 1.38. The van der Waals surface area contributed by atoms with Gasteiger partial charge in [0.25, 0.3) is 5.91 Å². The third kappa shape index (κ3) is 5.43. The number of amides is 1. The Balaban J connectivity index is 2.56. The summed E-state index contributed by atoms with van der Waals surface area (Å²) in [5.41, 5.74) is 0.208. The predicted molar refractivity (Wildman–Crippen MR) is 76.3 cm³/mol. The quantitative estimate of drug-likeness (QED) is 0.807. The molecular weight excluding hydrogens is 262 g/mol. The molecule has 0 radical (unpaired) electrons. The van der Waals surface area contributed by atoms with E-state index in [1.807, 2.05) is 20.8 Å². The zero-order chi connectivity index (χ0) is 14.3. The molecule has 104 valence electrons. The topological polar surface area (TPSA) is 58.6 Å². The first-order valence-electron chi connectivity index (χ1n) is 6.09. The van der Waals surface area contributed by atoms with Crippen molar-refractivity contribution in [2.45, 2.75) is 26.4 Å². The Bertz CT molecular complexity index is 482. The second kappa shape index (κ2) is 7.29. The van der Waals surface area contributed by atoms with Crippen molar-refractivity contribution in [1.82, 2.24) is 5.32 Å². The van der Waals surface area contributed by atoms with E-state index in [4.69, 9.17) is 9.84 Å². The smallest absolute Gasteiger partial charge is 0.252 e. The van der Waals surface area contributed by atoms with Crippen molar-refractivity contribution in [3.8, 4) is 11.8 Å². The normalized spacial score (nSPS) is 10.7. The molecule has 1 amide bonds. The number of thiophene rings is 1. The molecule has 0 unspecified atom stereocenters. The summed E-state index contributed by atoms with van der Waals surface area (Å²) in [7, 11) is 0. The SMILES string of the molecule is CCOC(C)(C)CNC(=O)c1csc(C#CCO)c1. The molecule has 0 aliphatic rings. The molecule has 0 saturated carbocycles. The molecule has 0 spiro atoms. The number of ether oxygens (including phenoxy) is 1. The highest BCUT2D eigenvalue weighted by molar-refractivity contribution is 7.10. The number of aliphatic hydroxyl groups is 1. The van der Waals surface area contributed by atoms with E-state index in [1.54, 1.807) is 11.4 Å². The average Bonchev–Trinajstić information content (AvgIpc) is 2.82. The Labute approximate surface area is 117 Å². The van der Waals surface area contributed by atoms with E-state index < -0.39 is 0 Å². The van der Waals surface area contributed by atoms with Crippen molar-refractivity contribution in [1.29, 1.82) is 0 Å². The first-order valence-corrected chi connectivity index (χ1v) is 6.97. The first kappa shape index (κ1) is 15.7. The van der Waals surface area contributed by atoms with Crippen LogP contribution in [0.15, 0.2) is 11.4 Å². The van der Waals surface area contributed by atoms with Gasteiger partial charge in [-0.3, -0.25) is 4.79 Å². The molecule has 4 nitrogen and oxygen atoms in total. The second-order valence-corrected chi connectivity index (χ2v) is 5.45. The summed E-state index contributed by atoms with van der Waals surface area (Å²) in [6, 6.07) is 1.72. The lowest BCUT2D eigenvalue weighted by Crippen LogP contribution is -2.40. The monoisotopic (exact) mass is 281 g/mol. The minimum absolute atomic E-state index is 0.138. The van der Waals surface area contributed by atoms with Crippen LogP contribution in [-0.2, 0) is 4.74 Å². The van der Waals surface area contributed by atoms with Crippen molar-refractivity contribution in [3.63, 3.8) is 0 Å². The summed E-state index contributed by atoms with van der Waals surface area (Å²) in [5.74, 6) is 5.19. The van der Waals surface area contributed by atoms with Gasteiger partial charge in [0.2, 0.25) is 0 Å². The van der Waals surface area contributed by atoms with Gasteiger partial charge in [0.05, 0.1) is 16.0 Å². The Morgan fingerprint density at radius 1 is 1.58 bits per heavy atom. The van der Waals surface area contributed by atoms with Crippen molar-refractivity contribution >= 4 is 17.2 Å². The lowest BCUT2D eigenvalue weighted by Gasteiger charge is -2.24. The van der Waals surface area contributed by atoms with Gasteiger partial charge < -0.3 is 15.2 Å². The van der Waals surface area contributed by atoms with E-state index in [1.165, 1.54) is 11.3 Å². The predicted octanol–water partition coefficient (Wildman–Crippen LogP) is 1.64. The van der Waals surface area contributed by atoms with Gasteiger partial charge in [-0.1, -0.05) is 11.8 Å². The van der Waals surface area contributed by atoms with Crippen LogP contribution in [0.2, 0.25) is 0 Å². The fourth-order valence-electron chi connectivity index (χ4n) is 1.48. The van der Waals surface area contributed by atoms with Gasteiger partial charge in [0.1, 0.15) is 6.61 Å². The summed E-state index contributed by atoms with van der Waals surface area (Å²) in [5, 5.41) is 13.2. The minimum atomic E-state index is -0.375. The lowest BCUT2D eigenvalue weighted by molar-refractivity contribution is -0.00815. The molecule has 1 heterocycles. The van der Waals surface area contributed by atoms with E-state index in [-0.39, 0.29) is 18.1 Å². The summed E-state index contributed by atoms with van der Waals surface area (Å²) in [6.45, 7) is 6.68. The number of carbonyl (C=O) groups is 1. The molecule has 0 aliphatic heterocycles. The fourth-order valence-corrected chi connectivity index (χ4v) is 2.24. The highest BCUT2D eigenvalue weighted by atomic mass is 32.1. The number of hydrogen-bond acceptors (Lipinski definition) is 4. The molecule has 0 atom stereocenters. The Hall–Kier alpha value is -1.35. The first-order chi connectivity index (χ1) is 8.98. The highest BCUT2D eigenvalue weighted by Gasteiger charge is 2.19. The van der Waals surface area contributed by atoms with Crippen molar-refractivity contribution in [2.24, 2.45) is 0 Å². The highest BCUT2D eigenvalue weighted by Crippen LogP contribution is 2.14. The number of aliphatic hydroxyl groups excluding tert-OH is 1. The van der Waals surface area contributed by atoms with Gasteiger partial charge in [-0.15, -0.1) is 11.3 Å². The van der Waals surface area contributed by atoms with E-state index in [2.05, 4.69) is 17.2 Å². The van der Waals surface area contributed by atoms with Gasteiger partial charge in [-0.2, -0.15) is 0 Å². The maximum Gasteiger partial charge on any atom is 0.252 e. The van der Waals surface area contributed by atoms with Crippen LogP contribution >= 0.6 is 11.3 Å². The van der Waals surface area contributed by atoms with Gasteiger partial charge in [0.15, 0.2) is 0 Å². The third-order valence-corrected chi connectivity index (χ3v) is 3.21. The van der Waals surface area contributed by atoms with E-state index in [0.717, 1.165) is 4.88 Å². The van der Waals surface area contributed by atoms with E-state index in [0.29, 0.717) is 18.7 Å². The minimum Gasteiger partial charge on any atom is -0.384 e. The van der Waals surface area contributed by atoms with Gasteiger partial charge in [-0.05, 0) is 26.8 Å². The number of rotatable bonds is 5. The van der Waals surface area contributed by atoms with Crippen LogP contribution < -0.4 is 5.32 Å². The zero-order valence-electron chi connectivity index (χ0n) is 11.4. The van der Waals surface area contributed by atoms with Crippen molar-refractivity contribution in [2.75, 3.05) is 19.8 Å². The summed E-state index contributed by atoms with van der Waals surface area (Å²) < 4.78 is 5.51. The molecule has 0 aromatic carbocycles. The fraction of sp³-hybridized carbons (Fsp3) is 0.500. The van der Waals surface area contributed by atoms with Crippen LogP contribution in [0.1, 0.15) is 36.0 Å². The molecule has 0 bridgehead atoms. The van der Waals surface area contributed by atoms with Crippen molar-refractivity contribution < 1.29 is 14.6 Å². The van der Waals surface area contributed by atoms with Gasteiger partial charge in [0, 0.05) is 18.5 Å². The molecule has 1 aromatic heterocycles. The second-order valence-electron chi connectivity index (χ2n) is 4.53. The Morgan fingerprint density at radius 2 is 2.32 bits per heavy atom. The largest absolute Gasteiger partial charge is 0.384 e. The van der Waals surface area contributed by atoms with Crippen LogP contribution in [0.3, 0.4) is 0 Å². The molecule has 2 N–H and O–H groups in total. The molecular formula is C14H19NO3S. The lowest BCUT2D eigenvalue weighted by atomic mass is 10.1. The van der Waals surface area contributed by atoms with Crippen molar-refractivity contribution in [3.05, 3.63) is 21.9 Å². The molecule has 0 saturated heterocycles.